The fourth-order valence-electron chi connectivity index (χ4n) is 2.74. The van der Waals surface area contributed by atoms with Gasteiger partial charge in [0.15, 0.2) is 0 Å². The Hall–Kier alpha value is -1.06. The van der Waals surface area contributed by atoms with E-state index in [4.69, 9.17) is 4.74 Å². The average molecular weight is 249 g/mol. The van der Waals surface area contributed by atoms with Crippen molar-refractivity contribution >= 4 is 0 Å². The van der Waals surface area contributed by atoms with Gasteiger partial charge in [-0.1, -0.05) is 18.2 Å². The molecule has 1 N–H and O–H groups in total. The van der Waals surface area contributed by atoms with Crippen LogP contribution in [0.1, 0.15) is 38.4 Å². The van der Waals surface area contributed by atoms with E-state index in [9.17, 15) is 5.11 Å². The summed E-state index contributed by atoms with van der Waals surface area (Å²) in [4.78, 5) is 2.37. The first-order valence-electron chi connectivity index (χ1n) is 6.63. The molecule has 0 spiro atoms. The molecule has 100 valence electrons. The van der Waals surface area contributed by atoms with Gasteiger partial charge in [0, 0.05) is 11.1 Å². The number of hydrogen-bond acceptors (Lipinski definition) is 3. The number of aliphatic hydroxyl groups excluding tert-OH is 1. The second-order valence-corrected chi connectivity index (χ2v) is 5.49. The summed E-state index contributed by atoms with van der Waals surface area (Å²) in [5.74, 6) is 0.761. The summed E-state index contributed by atoms with van der Waals surface area (Å²) < 4.78 is 5.35. The molecule has 18 heavy (non-hydrogen) atoms. The first-order valence-corrected chi connectivity index (χ1v) is 6.63. The van der Waals surface area contributed by atoms with Crippen LogP contribution in [0.3, 0.4) is 0 Å². The van der Waals surface area contributed by atoms with Crippen molar-refractivity contribution in [3.63, 3.8) is 0 Å². The van der Waals surface area contributed by atoms with E-state index < -0.39 is 6.10 Å². The molecule has 0 amide bonds. The van der Waals surface area contributed by atoms with Crippen molar-refractivity contribution in [2.24, 2.45) is 0 Å². The van der Waals surface area contributed by atoms with Gasteiger partial charge in [-0.2, -0.15) is 0 Å². The van der Waals surface area contributed by atoms with Crippen LogP contribution in [0.2, 0.25) is 0 Å². The van der Waals surface area contributed by atoms with Gasteiger partial charge in [0.1, 0.15) is 11.9 Å². The highest BCUT2D eigenvalue weighted by molar-refractivity contribution is 5.36. The predicted octanol–water partition coefficient (Wildman–Crippen LogP) is 2.60. The molecule has 0 saturated carbocycles. The highest BCUT2D eigenvalue weighted by Crippen LogP contribution is 2.37. The Morgan fingerprint density at radius 1 is 1.22 bits per heavy atom. The summed E-state index contributed by atoms with van der Waals surface area (Å²) in [5.41, 5.74) is 0.613. The Kier molecular flexibility index (Phi) is 3.93. The molecule has 3 nitrogen and oxygen atoms in total. The molecular formula is C15H23NO2. The van der Waals surface area contributed by atoms with Crippen LogP contribution >= 0.6 is 0 Å². The average Bonchev–Trinajstić information content (AvgIpc) is 2.92. The van der Waals surface area contributed by atoms with Gasteiger partial charge < -0.3 is 9.84 Å². The smallest absolute Gasteiger partial charge is 0.124 e. The third kappa shape index (κ3) is 2.38. The molecule has 1 aliphatic heterocycles. The molecule has 1 saturated heterocycles. The summed E-state index contributed by atoms with van der Waals surface area (Å²) in [6.07, 6.45) is 1.91. The van der Waals surface area contributed by atoms with Gasteiger partial charge in [0.25, 0.3) is 0 Å². The van der Waals surface area contributed by atoms with E-state index in [2.05, 4.69) is 18.7 Å². The van der Waals surface area contributed by atoms with Gasteiger partial charge in [-0.3, -0.25) is 4.90 Å². The molecule has 0 radical (unpaired) electrons. The van der Waals surface area contributed by atoms with Crippen LogP contribution in [-0.2, 0) is 0 Å². The van der Waals surface area contributed by atoms with E-state index in [1.807, 2.05) is 24.3 Å². The summed E-state index contributed by atoms with van der Waals surface area (Å²) in [6.45, 7) is 6.35. The zero-order valence-corrected chi connectivity index (χ0v) is 11.5. The van der Waals surface area contributed by atoms with Crippen molar-refractivity contribution < 1.29 is 9.84 Å². The normalized spacial score (nSPS) is 18.9. The molecule has 1 atom stereocenters. The van der Waals surface area contributed by atoms with Crippen LogP contribution in [-0.4, -0.2) is 35.7 Å². The maximum Gasteiger partial charge on any atom is 0.124 e. The molecule has 1 fully saturated rings. The van der Waals surface area contributed by atoms with Gasteiger partial charge in [-0.15, -0.1) is 0 Å². The Labute approximate surface area is 109 Å². The van der Waals surface area contributed by atoms with E-state index in [1.54, 1.807) is 7.11 Å². The van der Waals surface area contributed by atoms with Gasteiger partial charge >= 0.3 is 0 Å². The molecule has 1 heterocycles. The molecule has 1 aromatic carbocycles. The highest BCUT2D eigenvalue weighted by Gasteiger charge is 2.37. The Morgan fingerprint density at radius 2 is 1.83 bits per heavy atom. The van der Waals surface area contributed by atoms with Crippen LogP contribution in [0.5, 0.6) is 5.75 Å². The van der Waals surface area contributed by atoms with Crippen molar-refractivity contribution in [3.05, 3.63) is 29.8 Å². The van der Waals surface area contributed by atoms with Crippen molar-refractivity contribution in [2.75, 3.05) is 20.2 Å². The van der Waals surface area contributed by atoms with Crippen molar-refractivity contribution in [1.82, 2.24) is 4.90 Å². The lowest BCUT2D eigenvalue weighted by atomic mass is 9.89. The van der Waals surface area contributed by atoms with Crippen molar-refractivity contribution in [1.29, 1.82) is 0 Å². The fourth-order valence-corrected chi connectivity index (χ4v) is 2.74. The Morgan fingerprint density at radius 3 is 2.44 bits per heavy atom. The minimum Gasteiger partial charge on any atom is -0.496 e. The fraction of sp³-hybridized carbons (Fsp3) is 0.600. The zero-order chi connectivity index (χ0) is 13.2. The van der Waals surface area contributed by atoms with Gasteiger partial charge in [0.05, 0.1) is 7.11 Å². The first-order chi connectivity index (χ1) is 8.57. The maximum absolute atomic E-state index is 10.7. The molecule has 0 aromatic heterocycles. The highest BCUT2D eigenvalue weighted by atomic mass is 16.5. The van der Waals surface area contributed by atoms with E-state index in [0.717, 1.165) is 24.4 Å². The minimum absolute atomic E-state index is 0.259. The number of nitrogens with zero attached hydrogens (tertiary/aromatic N) is 1. The standard InChI is InChI=1S/C15H23NO2/c1-15(2,16-10-6-7-11-16)14(17)12-8-4-5-9-13(12)18-3/h4-5,8-9,14,17H,6-7,10-11H2,1-3H3. The maximum atomic E-state index is 10.7. The summed E-state index contributed by atoms with van der Waals surface area (Å²) >= 11 is 0. The molecule has 2 rings (SSSR count). The van der Waals surface area contributed by atoms with E-state index >= 15 is 0 Å². The molecule has 1 aromatic rings. The van der Waals surface area contributed by atoms with E-state index in [-0.39, 0.29) is 5.54 Å². The van der Waals surface area contributed by atoms with Crippen molar-refractivity contribution in [3.8, 4) is 5.75 Å². The molecule has 0 aliphatic carbocycles. The van der Waals surface area contributed by atoms with Crippen LogP contribution < -0.4 is 4.74 Å². The second kappa shape index (κ2) is 5.29. The van der Waals surface area contributed by atoms with Gasteiger partial charge in [-0.25, -0.2) is 0 Å². The third-order valence-corrected chi connectivity index (χ3v) is 4.02. The van der Waals surface area contributed by atoms with Crippen LogP contribution in [0.4, 0.5) is 0 Å². The lowest BCUT2D eigenvalue weighted by Gasteiger charge is -2.40. The van der Waals surface area contributed by atoms with Crippen LogP contribution in [0, 0.1) is 0 Å². The molecule has 3 heteroatoms. The monoisotopic (exact) mass is 249 g/mol. The third-order valence-electron chi connectivity index (χ3n) is 4.02. The van der Waals surface area contributed by atoms with Crippen molar-refractivity contribution in [2.45, 2.75) is 38.3 Å². The number of para-hydroxylation sites is 1. The quantitative estimate of drug-likeness (QED) is 0.890. The molecule has 1 unspecified atom stereocenters. The minimum atomic E-state index is -0.535. The van der Waals surface area contributed by atoms with Crippen LogP contribution in [0.25, 0.3) is 0 Å². The van der Waals surface area contributed by atoms with Crippen LogP contribution in [0.15, 0.2) is 24.3 Å². The summed E-state index contributed by atoms with van der Waals surface area (Å²) in [6, 6.07) is 7.72. The Balaban J connectivity index is 2.26. The molecular weight excluding hydrogens is 226 g/mol. The van der Waals surface area contributed by atoms with E-state index in [1.165, 1.54) is 12.8 Å². The summed E-state index contributed by atoms with van der Waals surface area (Å²) in [5, 5.41) is 10.7. The number of ether oxygens (including phenoxy) is 1. The number of benzene rings is 1. The molecule has 0 bridgehead atoms. The topological polar surface area (TPSA) is 32.7 Å². The number of hydrogen-bond donors (Lipinski definition) is 1. The number of likely N-dealkylation sites (tertiary alicyclic amines) is 1. The predicted molar refractivity (Wildman–Crippen MR) is 72.8 cm³/mol. The molecule has 1 aliphatic rings. The van der Waals surface area contributed by atoms with Gasteiger partial charge in [0.2, 0.25) is 0 Å². The Bertz CT molecular complexity index is 397. The lowest BCUT2D eigenvalue weighted by molar-refractivity contribution is 0.0000768. The number of aliphatic hydroxyl groups is 1. The van der Waals surface area contributed by atoms with E-state index in [0.29, 0.717) is 0 Å². The van der Waals surface area contributed by atoms with Gasteiger partial charge in [-0.05, 0) is 45.8 Å². The second-order valence-electron chi connectivity index (χ2n) is 5.49. The largest absolute Gasteiger partial charge is 0.496 e. The number of rotatable bonds is 4. The number of methoxy groups -OCH3 is 1. The SMILES string of the molecule is COc1ccccc1C(O)C(C)(C)N1CCCC1. The first kappa shape index (κ1) is 13.4. The zero-order valence-electron chi connectivity index (χ0n) is 11.5. The lowest BCUT2D eigenvalue weighted by Crippen LogP contribution is -2.46. The summed E-state index contributed by atoms with van der Waals surface area (Å²) in [7, 11) is 1.65.